The maximum atomic E-state index is 11.9. The summed E-state index contributed by atoms with van der Waals surface area (Å²) in [4.78, 5) is 14.6. The predicted molar refractivity (Wildman–Crippen MR) is 94.8 cm³/mol. The van der Waals surface area contributed by atoms with Gasteiger partial charge >= 0.3 is 0 Å². The van der Waals surface area contributed by atoms with Gasteiger partial charge in [-0.1, -0.05) is 18.2 Å². The number of nitrogens with zero attached hydrogens (tertiary/aromatic N) is 3. The Kier molecular flexibility index (Phi) is 3.36. The van der Waals surface area contributed by atoms with Crippen LogP contribution in [0.1, 0.15) is 11.1 Å². The highest BCUT2D eigenvalue weighted by molar-refractivity contribution is 5.86. The van der Waals surface area contributed by atoms with Crippen molar-refractivity contribution < 1.29 is 0 Å². The Labute approximate surface area is 142 Å². The molecule has 3 heterocycles. The lowest BCUT2D eigenvalue weighted by atomic mass is 10.1. The van der Waals surface area contributed by atoms with Crippen LogP contribution in [0.15, 0.2) is 53.6 Å². The van der Waals surface area contributed by atoms with Gasteiger partial charge in [0.15, 0.2) is 5.82 Å². The van der Waals surface area contributed by atoms with Crippen LogP contribution in [-0.4, -0.2) is 19.7 Å². The molecule has 7 nitrogen and oxygen atoms in total. The van der Waals surface area contributed by atoms with E-state index in [2.05, 4.69) is 21.3 Å². The normalized spacial score (nSPS) is 10.8. The second-order valence-corrected chi connectivity index (χ2v) is 5.71. The minimum atomic E-state index is -0.103. The maximum Gasteiger partial charge on any atom is 0.252 e. The summed E-state index contributed by atoms with van der Waals surface area (Å²) >= 11 is 0. The third kappa shape index (κ3) is 2.46. The number of rotatable bonds is 3. The van der Waals surface area contributed by atoms with Crippen LogP contribution >= 0.6 is 0 Å². The molecule has 122 valence electrons. The molecule has 0 spiro atoms. The van der Waals surface area contributed by atoms with E-state index in [0.717, 1.165) is 16.5 Å². The highest BCUT2D eigenvalue weighted by atomic mass is 16.1. The Balaban J connectivity index is 1.82. The number of hydrogen-bond donors (Lipinski definition) is 3. The molecule has 0 unspecified atom stereocenters. The van der Waals surface area contributed by atoms with Crippen molar-refractivity contribution in [1.82, 2.24) is 19.7 Å². The standard InChI is InChI=1S/C18H14N6O/c19-9-14-16(22-23-17(14)20)12-4-3-11-5-7-24(15(11)8-12)10-13-2-1-6-21-18(13)25/h1-8H,10H2,(H,21,25)(H3,20,22,23). The van der Waals surface area contributed by atoms with Crippen LogP contribution in [0.5, 0.6) is 0 Å². The molecule has 7 heteroatoms. The van der Waals surface area contributed by atoms with Gasteiger partial charge < -0.3 is 15.3 Å². The number of aromatic amines is 2. The molecule has 0 atom stereocenters. The van der Waals surface area contributed by atoms with Gasteiger partial charge in [-0.15, -0.1) is 0 Å². The van der Waals surface area contributed by atoms with E-state index >= 15 is 0 Å². The van der Waals surface area contributed by atoms with Crippen molar-refractivity contribution in [2.45, 2.75) is 6.54 Å². The predicted octanol–water partition coefficient (Wildman–Crippen LogP) is 2.22. The van der Waals surface area contributed by atoms with Crippen molar-refractivity contribution in [3.8, 4) is 17.3 Å². The molecule has 25 heavy (non-hydrogen) atoms. The summed E-state index contributed by atoms with van der Waals surface area (Å²) in [6.07, 6.45) is 3.55. The topological polar surface area (TPSA) is 116 Å². The number of aromatic nitrogens is 4. The van der Waals surface area contributed by atoms with Crippen LogP contribution in [0, 0.1) is 11.3 Å². The molecule has 1 aromatic carbocycles. The molecule has 0 aliphatic heterocycles. The number of nitriles is 1. The minimum Gasteiger partial charge on any atom is -0.381 e. The fourth-order valence-electron chi connectivity index (χ4n) is 2.92. The van der Waals surface area contributed by atoms with Gasteiger partial charge in [-0.25, -0.2) is 0 Å². The Morgan fingerprint density at radius 3 is 2.96 bits per heavy atom. The first kappa shape index (κ1) is 14.8. The molecule has 4 N–H and O–H groups in total. The first-order chi connectivity index (χ1) is 12.2. The number of nitrogens with one attached hydrogen (secondary N) is 2. The minimum absolute atomic E-state index is 0.103. The second kappa shape index (κ2) is 5.69. The van der Waals surface area contributed by atoms with Crippen molar-refractivity contribution in [2.75, 3.05) is 5.73 Å². The van der Waals surface area contributed by atoms with E-state index in [1.807, 2.05) is 35.0 Å². The summed E-state index contributed by atoms with van der Waals surface area (Å²) in [6, 6.07) is 13.5. The lowest BCUT2D eigenvalue weighted by Gasteiger charge is -2.06. The summed E-state index contributed by atoms with van der Waals surface area (Å²) in [5, 5.41) is 17.0. The van der Waals surface area contributed by atoms with Crippen LogP contribution in [-0.2, 0) is 6.54 Å². The van der Waals surface area contributed by atoms with Gasteiger partial charge in [-0.3, -0.25) is 9.89 Å². The fraction of sp³-hybridized carbons (Fsp3) is 0.0556. The first-order valence-corrected chi connectivity index (χ1v) is 7.67. The van der Waals surface area contributed by atoms with Crippen molar-refractivity contribution in [3.63, 3.8) is 0 Å². The average molecular weight is 330 g/mol. The molecular weight excluding hydrogens is 316 g/mol. The van der Waals surface area contributed by atoms with Crippen LogP contribution in [0.3, 0.4) is 0 Å². The molecule has 0 fully saturated rings. The third-order valence-corrected chi connectivity index (χ3v) is 4.21. The van der Waals surface area contributed by atoms with Gasteiger partial charge in [0, 0.05) is 29.0 Å². The van der Waals surface area contributed by atoms with E-state index in [1.165, 1.54) is 0 Å². The van der Waals surface area contributed by atoms with Crippen molar-refractivity contribution >= 4 is 16.7 Å². The molecule has 0 aliphatic rings. The molecule has 3 aromatic heterocycles. The zero-order chi connectivity index (χ0) is 17.4. The quantitative estimate of drug-likeness (QED) is 0.534. The highest BCUT2D eigenvalue weighted by Crippen LogP contribution is 2.28. The van der Waals surface area contributed by atoms with Crippen LogP contribution in [0.25, 0.3) is 22.2 Å². The van der Waals surface area contributed by atoms with Gasteiger partial charge in [0.1, 0.15) is 11.6 Å². The van der Waals surface area contributed by atoms with E-state index in [0.29, 0.717) is 23.4 Å². The zero-order valence-electron chi connectivity index (χ0n) is 13.2. The van der Waals surface area contributed by atoms with Crippen molar-refractivity contribution in [3.05, 3.63) is 70.3 Å². The van der Waals surface area contributed by atoms with E-state index in [1.54, 1.807) is 18.3 Å². The summed E-state index contributed by atoms with van der Waals surface area (Å²) < 4.78 is 2.00. The van der Waals surface area contributed by atoms with Crippen LogP contribution in [0.4, 0.5) is 5.82 Å². The van der Waals surface area contributed by atoms with Gasteiger partial charge in [-0.2, -0.15) is 10.4 Å². The molecule has 0 radical (unpaired) electrons. The van der Waals surface area contributed by atoms with Gasteiger partial charge in [0.05, 0.1) is 12.2 Å². The molecule has 0 saturated heterocycles. The molecular formula is C18H14N6O. The zero-order valence-corrected chi connectivity index (χ0v) is 13.2. The van der Waals surface area contributed by atoms with E-state index in [9.17, 15) is 10.1 Å². The van der Waals surface area contributed by atoms with Crippen molar-refractivity contribution in [2.24, 2.45) is 0 Å². The second-order valence-electron chi connectivity index (χ2n) is 5.71. The smallest absolute Gasteiger partial charge is 0.252 e. The Hall–Kier alpha value is -3.79. The number of benzene rings is 1. The summed E-state index contributed by atoms with van der Waals surface area (Å²) in [5.41, 5.74) is 8.99. The van der Waals surface area contributed by atoms with Crippen LogP contribution in [0.2, 0.25) is 0 Å². The molecule has 0 bridgehead atoms. The summed E-state index contributed by atoms with van der Waals surface area (Å²) in [7, 11) is 0. The monoisotopic (exact) mass is 330 g/mol. The number of hydrogen-bond acceptors (Lipinski definition) is 4. The van der Waals surface area contributed by atoms with Gasteiger partial charge in [0.2, 0.25) is 0 Å². The Bertz CT molecular complexity index is 1170. The number of fused-ring (bicyclic) bond motifs is 1. The summed E-state index contributed by atoms with van der Waals surface area (Å²) in [6.45, 7) is 0.458. The molecule has 0 amide bonds. The average Bonchev–Trinajstić information content (AvgIpc) is 3.19. The Morgan fingerprint density at radius 1 is 1.28 bits per heavy atom. The number of anilines is 1. The SMILES string of the molecule is N#Cc1c(N)n[nH]c1-c1ccc2ccn(Cc3ccc[nH]c3=O)c2c1. The highest BCUT2D eigenvalue weighted by Gasteiger charge is 2.13. The van der Waals surface area contributed by atoms with Gasteiger partial charge in [0.25, 0.3) is 5.56 Å². The number of H-pyrrole nitrogens is 2. The van der Waals surface area contributed by atoms with E-state index in [-0.39, 0.29) is 11.4 Å². The number of pyridine rings is 1. The van der Waals surface area contributed by atoms with Crippen LogP contribution < -0.4 is 11.3 Å². The van der Waals surface area contributed by atoms with Crippen molar-refractivity contribution in [1.29, 1.82) is 5.26 Å². The number of nitrogen functional groups attached to an aromatic ring is 1. The van der Waals surface area contributed by atoms with E-state index in [4.69, 9.17) is 5.73 Å². The lowest BCUT2D eigenvalue weighted by Crippen LogP contribution is -2.14. The lowest BCUT2D eigenvalue weighted by molar-refractivity contribution is 0.822. The third-order valence-electron chi connectivity index (χ3n) is 4.21. The number of nitrogens with two attached hydrogens (primary N) is 1. The first-order valence-electron chi connectivity index (χ1n) is 7.67. The largest absolute Gasteiger partial charge is 0.381 e. The molecule has 4 aromatic rings. The van der Waals surface area contributed by atoms with Gasteiger partial charge in [-0.05, 0) is 23.6 Å². The maximum absolute atomic E-state index is 11.9. The Morgan fingerprint density at radius 2 is 2.16 bits per heavy atom. The fourth-order valence-corrected chi connectivity index (χ4v) is 2.92. The molecule has 0 saturated carbocycles. The van der Waals surface area contributed by atoms with E-state index < -0.39 is 0 Å². The molecule has 0 aliphatic carbocycles. The molecule has 4 rings (SSSR count). The summed E-state index contributed by atoms with van der Waals surface area (Å²) in [5.74, 6) is 0.184.